The first kappa shape index (κ1) is 15.5. The quantitative estimate of drug-likeness (QED) is 0.856. The van der Waals surface area contributed by atoms with Crippen LogP contribution >= 0.6 is 0 Å². The molecule has 2 rings (SSSR count). The maximum absolute atomic E-state index is 3.72. The van der Waals surface area contributed by atoms with E-state index >= 15 is 0 Å². The lowest BCUT2D eigenvalue weighted by Crippen LogP contribution is -2.57. The van der Waals surface area contributed by atoms with Crippen molar-refractivity contribution in [1.29, 1.82) is 0 Å². The SMILES string of the molecule is CCC1CN(CCC(C)C)C(Cc2ccccc2)CN1. The lowest BCUT2D eigenvalue weighted by molar-refractivity contribution is 0.121. The molecule has 1 heterocycles. The van der Waals surface area contributed by atoms with Crippen molar-refractivity contribution in [2.75, 3.05) is 19.6 Å². The van der Waals surface area contributed by atoms with Crippen LogP contribution in [-0.4, -0.2) is 36.6 Å². The lowest BCUT2D eigenvalue weighted by Gasteiger charge is -2.40. The molecule has 1 aliphatic rings. The highest BCUT2D eigenvalue weighted by atomic mass is 15.2. The van der Waals surface area contributed by atoms with Gasteiger partial charge in [0.05, 0.1) is 0 Å². The normalized spacial score (nSPS) is 24.2. The van der Waals surface area contributed by atoms with Gasteiger partial charge >= 0.3 is 0 Å². The summed E-state index contributed by atoms with van der Waals surface area (Å²) in [5.41, 5.74) is 1.46. The fraction of sp³-hybridized carbons (Fsp3) is 0.667. The molecule has 1 fully saturated rings. The molecule has 112 valence electrons. The van der Waals surface area contributed by atoms with Crippen LogP contribution in [0.2, 0.25) is 0 Å². The minimum Gasteiger partial charge on any atom is -0.311 e. The zero-order chi connectivity index (χ0) is 14.4. The Balaban J connectivity index is 1.96. The Morgan fingerprint density at radius 2 is 2.00 bits per heavy atom. The molecule has 1 saturated heterocycles. The molecule has 2 atom stereocenters. The minimum absolute atomic E-state index is 0.652. The monoisotopic (exact) mass is 274 g/mol. The number of nitrogens with zero attached hydrogens (tertiary/aromatic N) is 1. The fourth-order valence-electron chi connectivity index (χ4n) is 2.99. The van der Waals surface area contributed by atoms with Gasteiger partial charge in [0, 0.05) is 25.2 Å². The molecule has 2 heteroatoms. The first-order valence-corrected chi connectivity index (χ1v) is 8.20. The van der Waals surface area contributed by atoms with Crippen molar-refractivity contribution in [3.63, 3.8) is 0 Å². The summed E-state index contributed by atoms with van der Waals surface area (Å²) in [4.78, 5) is 2.72. The highest BCUT2D eigenvalue weighted by molar-refractivity contribution is 5.16. The van der Waals surface area contributed by atoms with E-state index in [-0.39, 0.29) is 0 Å². The molecule has 1 aromatic carbocycles. The van der Waals surface area contributed by atoms with Gasteiger partial charge in [-0.15, -0.1) is 0 Å². The van der Waals surface area contributed by atoms with Crippen LogP contribution in [0.3, 0.4) is 0 Å². The Morgan fingerprint density at radius 3 is 2.65 bits per heavy atom. The highest BCUT2D eigenvalue weighted by Crippen LogP contribution is 2.16. The Morgan fingerprint density at radius 1 is 1.25 bits per heavy atom. The zero-order valence-electron chi connectivity index (χ0n) is 13.3. The van der Waals surface area contributed by atoms with Crippen molar-refractivity contribution in [2.24, 2.45) is 5.92 Å². The van der Waals surface area contributed by atoms with Gasteiger partial charge in [-0.05, 0) is 37.3 Å². The van der Waals surface area contributed by atoms with E-state index in [0.717, 1.165) is 12.5 Å². The summed E-state index contributed by atoms with van der Waals surface area (Å²) in [7, 11) is 0. The average Bonchev–Trinajstić information content (AvgIpc) is 2.47. The van der Waals surface area contributed by atoms with Crippen LogP contribution in [-0.2, 0) is 6.42 Å². The standard InChI is InChI=1S/C18H30N2/c1-4-17-14-20(11-10-15(2)3)18(13-19-17)12-16-8-6-5-7-9-16/h5-9,15,17-19H,4,10-14H2,1-3H3. The first-order valence-electron chi connectivity index (χ1n) is 8.20. The van der Waals surface area contributed by atoms with Crippen LogP contribution in [0.25, 0.3) is 0 Å². The number of hydrogen-bond acceptors (Lipinski definition) is 2. The van der Waals surface area contributed by atoms with Crippen molar-refractivity contribution in [1.82, 2.24) is 10.2 Å². The molecule has 0 bridgehead atoms. The Labute approximate surface area is 124 Å². The van der Waals surface area contributed by atoms with E-state index in [2.05, 4.69) is 61.3 Å². The van der Waals surface area contributed by atoms with Gasteiger partial charge in [-0.2, -0.15) is 0 Å². The third-order valence-electron chi connectivity index (χ3n) is 4.41. The second-order valence-corrected chi connectivity index (χ2v) is 6.53. The zero-order valence-corrected chi connectivity index (χ0v) is 13.3. The van der Waals surface area contributed by atoms with Crippen molar-refractivity contribution in [3.8, 4) is 0 Å². The summed E-state index contributed by atoms with van der Waals surface area (Å²) in [6.45, 7) is 10.5. The maximum atomic E-state index is 3.72. The summed E-state index contributed by atoms with van der Waals surface area (Å²) < 4.78 is 0. The third kappa shape index (κ3) is 4.60. The van der Waals surface area contributed by atoms with Gasteiger partial charge in [0.2, 0.25) is 0 Å². The van der Waals surface area contributed by atoms with Gasteiger partial charge in [0.15, 0.2) is 0 Å². The number of nitrogens with one attached hydrogen (secondary N) is 1. The Bertz CT molecular complexity index is 374. The Kier molecular flexibility index (Phi) is 6.06. The van der Waals surface area contributed by atoms with E-state index in [1.54, 1.807) is 0 Å². The van der Waals surface area contributed by atoms with Gasteiger partial charge in [-0.1, -0.05) is 51.1 Å². The van der Waals surface area contributed by atoms with E-state index in [1.807, 2.05) is 0 Å². The minimum atomic E-state index is 0.652. The number of piperazine rings is 1. The summed E-state index contributed by atoms with van der Waals surface area (Å²) in [6.07, 6.45) is 3.71. The van der Waals surface area contributed by atoms with Crippen LogP contribution in [0.15, 0.2) is 30.3 Å². The van der Waals surface area contributed by atoms with Crippen molar-refractivity contribution >= 4 is 0 Å². The van der Waals surface area contributed by atoms with Gasteiger partial charge < -0.3 is 5.32 Å². The lowest BCUT2D eigenvalue weighted by atomic mass is 9.99. The topological polar surface area (TPSA) is 15.3 Å². The van der Waals surface area contributed by atoms with Crippen molar-refractivity contribution in [2.45, 2.75) is 52.1 Å². The van der Waals surface area contributed by atoms with Crippen LogP contribution in [0, 0.1) is 5.92 Å². The van der Waals surface area contributed by atoms with Gasteiger partial charge in [0.1, 0.15) is 0 Å². The summed E-state index contributed by atoms with van der Waals surface area (Å²) in [5.74, 6) is 0.794. The Hall–Kier alpha value is -0.860. The molecule has 2 unspecified atom stereocenters. The molecule has 0 aromatic heterocycles. The molecule has 0 saturated carbocycles. The largest absolute Gasteiger partial charge is 0.311 e. The molecule has 0 radical (unpaired) electrons. The molecule has 2 nitrogen and oxygen atoms in total. The molecule has 0 aliphatic carbocycles. The molecule has 0 amide bonds. The molecule has 20 heavy (non-hydrogen) atoms. The molecule has 1 N–H and O–H groups in total. The smallest absolute Gasteiger partial charge is 0.0261 e. The van der Waals surface area contributed by atoms with Crippen LogP contribution in [0.5, 0.6) is 0 Å². The van der Waals surface area contributed by atoms with Gasteiger partial charge in [-0.3, -0.25) is 4.90 Å². The second kappa shape index (κ2) is 7.80. The number of benzene rings is 1. The number of rotatable bonds is 6. The molecule has 1 aliphatic heterocycles. The van der Waals surface area contributed by atoms with Crippen molar-refractivity contribution < 1.29 is 0 Å². The fourth-order valence-corrected chi connectivity index (χ4v) is 2.99. The third-order valence-corrected chi connectivity index (χ3v) is 4.41. The van der Waals surface area contributed by atoms with E-state index in [9.17, 15) is 0 Å². The van der Waals surface area contributed by atoms with Crippen molar-refractivity contribution in [3.05, 3.63) is 35.9 Å². The summed E-state index contributed by atoms with van der Waals surface area (Å²) in [5, 5.41) is 3.72. The highest BCUT2D eigenvalue weighted by Gasteiger charge is 2.26. The van der Waals surface area contributed by atoms with E-state index < -0.39 is 0 Å². The van der Waals surface area contributed by atoms with E-state index in [4.69, 9.17) is 0 Å². The predicted molar refractivity (Wildman–Crippen MR) is 87.0 cm³/mol. The van der Waals surface area contributed by atoms with Gasteiger partial charge in [-0.25, -0.2) is 0 Å². The maximum Gasteiger partial charge on any atom is 0.0261 e. The molecule has 1 aromatic rings. The van der Waals surface area contributed by atoms with Gasteiger partial charge in [0.25, 0.3) is 0 Å². The number of hydrogen-bond donors (Lipinski definition) is 1. The molecular weight excluding hydrogens is 244 g/mol. The first-order chi connectivity index (χ1) is 9.69. The van der Waals surface area contributed by atoms with E-state index in [1.165, 1.54) is 37.9 Å². The molecule has 0 spiro atoms. The second-order valence-electron chi connectivity index (χ2n) is 6.53. The van der Waals surface area contributed by atoms with Crippen LogP contribution in [0.1, 0.15) is 39.2 Å². The van der Waals surface area contributed by atoms with Crippen LogP contribution in [0.4, 0.5) is 0 Å². The van der Waals surface area contributed by atoms with E-state index in [0.29, 0.717) is 12.1 Å². The molecular formula is C18H30N2. The predicted octanol–water partition coefficient (Wildman–Crippen LogP) is 3.33. The summed E-state index contributed by atoms with van der Waals surface area (Å²) in [6, 6.07) is 12.2. The summed E-state index contributed by atoms with van der Waals surface area (Å²) >= 11 is 0. The van der Waals surface area contributed by atoms with Crippen LogP contribution < -0.4 is 5.32 Å². The average molecular weight is 274 g/mol.